The van der Waals surface area contributed by atoms with E-state index in [4.69, 9.17) is 22.1 Å². The van der Waals surface area contributed by atoms with Crippen LogP contribution in [0.25, 0.3) is 0 Å². The van der Waals surface area contributed by atoms with Crippen LogP contribution in [0.3, 0.4) is 0 Å². The minimum Gasteiger partial charge on any atom is -0.469 e. The lowest BCUT2D eigenvalue weighted by Crippen LogP contribution is -2.33. The van der Waals surface area contributed by atoms with Gasteiger partial charge in [0.1, 0.15) is 0 Å². The van der Waals surface area contributed by atoms with Crippen molar-refractivity contribution in [2.45, 2.75) is 32.6 Å². The van der Waals surface area contributed by atoms with E-state index in [9.17, 15) is 4.79 Å². The van der Waals surface area contributed by atoms with E-state index in [1.807, 2.05) is 58.2 Å². The lowest BCUT2D eigenvalue weighted by atomic mass is 9.70. The van der Waals surface area contributed by atoms with Gasteiger partial charge in [-0.2, -0.15) is 0 Å². The third-order valence-electron chi connectivity index (χ3n) is 4.96. The van der Waals surface area contributed by atoms with Gasteiger partial charge in [0.15, 0.2) is 0 Å². The number of esters is 1. The standard InChI is InChI=1S/C21H27ClN2O2/c1-13-6-7-14(10-16(13)12-22)19(21(2,3)20(25)26-5)15-8-9-18(24-4)17(23)11-15/h6-11,19,24H,12,23H2,1-5H3. The summed E-state index contributed by atoms with van der Waals surface area (Å²) in [6, 6.07) is 12.0. The summed E-state index contributed by atoms with van der Waals surface area (Å²) in [5.74, 6) is -0.0659. The number of aryl methyl sites for hydroxylation is 1. The Morgan fingerprint density at radius 2 is 1.85 bits per heavy atom. The predicted molar refractivity (Wildman–Crippen MR) is 109 cm³/mol. The number of halogens is 1. The molecule has 0 saturated carbocycles. The molecule has 26 heavy (non-hydrogen) atoms. The van der Waals surface area contributed by atoms with Crippen molar-refractivity contribution in [3.8, 4) is 0 Å². The van der Waals surface area contributed by atoms with Gasteiger partial charge in [0.25, 0.3) is 0 Å². The lowest BCUT2D eigenvalue weighted by molar-refractivity contribution is -0.151. The molecule has 0 aliphatic heterocycles. The summed E-state index contributed by atoms with van der Waals surface area (Å²) in [5.41, 5.74) is 11.0. The number of nitrogen functional groups attached to an aromatic ring is 1. The SMILES string of the molecule is CNc1ccc(C(c2ccc(C)c(CCl)c2)C(C)(C)C(=O)OC)cc1N. The van der Waals surface area contributed by atoms with Crippen molar-refractivity contribution in [1.82, 2.24) is 0 Å². The van der Waals surface area contributed by atoms with Crippen LogP contribution in [0.15, 0.2) is 36.4 Å². The molecule has 0 spiro atoms. The van der Waals surface area contributed by atoms with Crippen molar-refractivity contribution in [3.05, 3.63) is 58.7 Å². The molecule has 0 saturated heterocycles. The first-order valence-electron chi connectivity index (χ1n) is 8.57. The van der Waals surface area contributed by atoms with E-state index in [-0.39, 0.29) is 11.9 Å². The number of hydrogen-bond acceptors (Lipinski definition) is 4. The molecule has 0 aliphatic carbocycles. The number of nitrogens with one attached hydrogen (secondary N) is 1. The van der Waals surface area contributed by atoms with E-state index >= 15 is 0 Å². The molecule has 2 aromatic rings. The number of carbonyl (C=O) groups is 1. The summed E-state index contributed by atoms with van der Waals surface area (Å²) in [7, 11) is 3.24. The maximum absolute atomic E-state index is 12.6. The minimum atomic E-state index is -0.777. The molecule has 0 aromatic heterocycles. The number of anilines is 2. The highest BCUT2D eigenvalue weighted by molar-refractivity contribution is 6.17. The Kier molecular flexibility index (Phi) is 6.19. The zero-order valence-electron chi connectivity index (χ0n) is 16.0. The number of ether oxygens (including phenoxy) is 1. The number of hydrogen-bond donors (Lipinski definition) is 2. The van der Waals surface area contributed by atoms with Crippen LogP contribution in [0.4, 0.5) is 11.4 Å². The maximum Gasteiger partial charge on any atom is 0.312 e. The van der Waals surface area contributed by atoms with Crippen molar-refractivity contribution in [3.63, 3.8) is 0 Å². The van der Waals surface area contributed by atoms with Crippen molar-refractivity contribution in [1.29, 1.82) is 0 Å². The molecule has 1 atom stereocenters. The second-order valence-electron chi connectivity index (χ2n) is 7.06. The molecule has 0 radical (unpaired) electrons. The van der Waals surface area contributed by atoms with Crippen molar-refractivity contribution in [2.24, 2.45) is 5.41 Å². The topological polar surface area (TPSA) is 64.3 Å². The van der Waals surface area contributed by atoms with E-state index in [0.29, 0.717) is 11.6 Å². The van der Waals surface area contributed by atoms with Gasteiger partial charge in [0.2, 0.25) is 0 Å². The van der Waals surface area contributed by atoms with Crippen molar-refractivity contribution in [2.75, 3.05) is 25.2 Å². The first kappa shape index (κ1) is 20.1. The second kappa shape index (κ2) is 8.00. The Balaban J connectivity index is 2.67. The summed E-state index contributed by atoms with van der Waals surface area (Å²) in [6.45, 7) is 5.82. The van der Waals surface area contributed by atoms with E-state index in [0.717, 1.165) is 27.9 Å². The fraction of sp³-hybridized carbons (Fsp3) is 0.381. The Morgan fingerprint density at radius 3 is 2.38 bits per heavy atom. The van der Waals surface area contributed by atoms with Crippen molar-refractivity contribution >= 4 is 28.9 Å². The van der Waals surface area contributed by atoms with Crippen molar-refractivity contribution < 1.29 is 9.53 Å². The largest absolute Gasteiger partial charge is 0.469 e. The number of methoxy groups -OCH3 is 1. The van der Waals surface area contributed by atoms with Gasteiger partial charge in [-0.25, -0.2) is 0 Å². The molecule has 0 aliphatic rings. The average molecular weight is 375 g/mol. The fourth-order valence-corrected chi connectivity index (χ4v) is 3.70. The van der Waals surface area contributed by atoms with Gasteiger partial charge in [-0.3, -0.25) is 4.79 Å². The summed E-state index contributed by atoms with van der Waals surface area (Å²) in [4.78, 5) is 12.6. The highest BCUT2D eigenvalue weighted by atomic mass is 35.5. The smallest absolute Gasteiger partial charge is 0.312 e. The quantitative estimate of drug-likeness (QED) is 0.437. The minimum absolute atomic E-state index is 0.217. The third-order valence-corrected chi connectivity index (χ3v) is 5.25. The molecule has 2 rings (SSSR count). The van der Waals surface area contributed by atoms with Crippen LogP contribution in [0, 0.1) is 12.3 Å². The molecule has 2 aromatic carbocycles. The van der Waals surface area contributed by atoms with Crippen LogP contribution in [0.1, 0.15) is 42.0 Å². The van der Waals surface area contributed by atoms with E-state index in [2.05, 4.69) is 11.4 Å². The Hall–Kier alpha value is -2.20. The first-order chi connectivity index (χ1) is 12.3. The second-order valence-corrected chi connectivity index (χ2v) is 7.33. The molecule has 0 bridgehead atoms. The lowest BCUT2D eigenvalue weighted by Gasteiger charge is -2.33. The third kappa shape index (κ3) is 3.80. The van der Waals surface area contributed by atoms with Crippen LogP contribution < -0.4 is 11.1 Å². The van der Waals surface area contributed by atoms with Crippen LogP contribution >= 0.6 is 11.6 Å². The molecule has 1 unspecified atom stereocenters. The first-order valence-corrected chi connectivity index (χ1v) is 9.10. The van der Waals surface area contributed by atoms with Crippen LogP contribution in [-0.4, -0.2) is 20.1 Å². The van der Waals surface area contributed by atoms with Crippen LogP contribution in [0.2, 0.25) is 0 Å². The molecular formula is C21H27ClN2O2. The normalized spacial score (nSPS) is 12.5. The molecule has 0 heterocycles. The summed E-state index contributed by atoms with van der Waals surface area (Å²) in [6.07, 6.45) is 0. The van der Waals surface area contributed by atoms with Gasteiger partial charge in [-0.1, -0.05) is 24.3 Å². The van der Waals surface area contributed by atoms with Crippen LogP contribution in [-0.2, 0) is 15.4 Å². The van der Waals surface area contributed by atoms with E-state index in [1.165, 1.54) is 7.11 Å². The predicted octanol–water partition coefficient (Wildman–Crippen LogP) is 4.69. The molecule has 4 nitrogen and oxygen atoms in total. The summed E-state index contributed by atoms with van der Waals surface area (Å²) in [5, 5.41) is 3.07. The maximum atomic E-state index is 12.6. The molecule has 0 amide bonds. The Bertz CT molecular complexity index is 803. The van der Waals surface area contributed by atoms with Gasteiger partial charge in [-0.05, 0) is 55.2 Å². The van der Waals surface area contributed by atoms with Gasteiger partial charge in [0.05, 0.1) is 23.9 Å². The summed E-state index contributed by atoms with van der Waals surface area (Å²) >= 11 is 6.10. The van der Waals surface area contributed by atoms with E-state index in [1.54, 1.807) is 0 Å². The summed E-state index contributed by atoms with van der Waals surface area (Å²) < 4.78 is 5.09. The molecular weight excluding hydrogens is 348 g/mol. The zero-order valence-corrected chi connectivity index (χ0v) is 16.8. The highest BCUT2D eigenvalue weighted by Crippen LogP contribution is 2.43. The Morgan fingerprint density at radius 1 is 1.23 bits per heavy atom. The molecule has 140 valence electrons. The van der Waals surface area contributed by atoms with Gasteiger partial charge < -0.3 is 15.8 Å². The zero-order chi connectivity index (χ0) is 19.5. The highest BCUT2D eigenvalue weighted by Gasteiger charge is 2.40. The molecule has 0 fully saturated rings. The van der Waals surface area contributed by atoms with Gasteiger partial charge in [0, 0.05) is 18.8 Å². The number of rotatable bonds is 6. The molecule has 3 N–H and O–H groups in total. The van der Waals surface area contributed by atoms with Gasteiger partial charge >= 0.3 is 5.97 Å². The number of nitrogens with two attached hydrogens (primary N) is 1. The molecule has 5 heteroatoms. The average Bonchev–Trinajstić information content (AvgIpc) is 2.62. The van der Waals surface area contributed by atoms with Crippen LogP contribution in [0.5, 0.6) is 0 Å². The number of benzene rings is 2. The number of alkyl halides is 1. The van der Waals surface area contributed by atoms with Gasteiger partial charge in [-0.15, -0.1) is 11.6 Å². The van der Waals surface area contributed by atoms with E-state index < -0.39 is 5.41 Å². The fourth-order valence-electron chi connectivity index (χ4n) is 3.41. The Labute approximate surface area is 160 Å². The number of carbonyl (C=O) groups excluding carboxylic acids is 1. The monoisotopic (exact) mass is 374 g/mol.